The van der Waals surface area contributed by atoms with Crippen LogP contribution in [0.4, 0.5) is 5.95 Å². The van der Waals surface area contributed by atoms with Crippen molar-refractivity contribution < 1.29 is 4.42 Å². The number of hydrazone groups is 1. The van der Waals surface area contributed by atoms with Crippen molar-refractivity contribution in [3.8, 4) is 0 Å². The Balaban J connectivity index is 1.75. The van der Waals surface area contributed by atoms with E-state index in [9.17, 15) is 9.59 Å². The molecule has 0 bridgehead atoms. The fourth-order valence-corrected chi connectivity index (χ4v) is 3.08. The summed E-state index contributed by atoms with van der Waals surface area (Å²) in [5, 5.41) is 4.07. The Kier molecular flexibility index (Phi) is 4.63. The number of imidazole rings is 1. The number of nitrogens with one attached hydrogen (secondary N) is 1. The number of anilines is 1. The van der Waals surface area contributed by atoms with E-state index < -0.39 is 11.2 Å². The number of aromatic nitrogens is 4. The van der Waals surface area contributed by atoms with Gasteiger partial charge in [-0.25, -0.2) is 10.2 Å². The zero-order valence-electron chi connectivity index (χ0n) is 16.3. The molecule has 0 spiro atoms. The van der Waals surface area contributed by atoms with Gasteiger partial charge in [0.1, 0.15) is 5.76 Å². The second-order valence-electron chi connectivity index (χ2n) is 6.77. The average molecular weight is 392 g/mol. The van der Waals surface area contributed by atoms with Crippen molar-refractivity contribution in [2.24, 2.45) is 19.2 Å². The van der Waals surface area contributed by atoms with E-state index in [0.29, 0.717) is 22.9 Å². The molecule has 29 heavy (non-hydrogen) atoms. The van der Waals surface area contributed by atoms with E-state index in [2.05, 4.69) is 15.5 Å². The minimum absolute atomic E-state index is 0.187. The molecule has 0 aliphatic carbocycles. The van der Waals surface area contributed by atoms with Crippen molar-refractivity contribution in [2.75, 3.05) is 5.43 Å². The summed E-state index contributed by atoms with van der Waals surface area (Å²) >= 11 is 0. The molecule has 9 nitrogen and oxygen atoms in total. The second kappa shape index (κ2) is 7.27. The van der Waals surface area contributed by atoms with Gasteiger partial charge in [0.25, 0.3) is 5.56 Å². The van der Waals surface area contributed by atoms with Gasteiger partial charge in [-0.15, -0.1) is 0 Å². The van der Waals surface area contributed by atoms with Gasteiger partial charge in [-0.1, -0.05) is 29.8 Å². The van der Waals surface area contributed by atoms with Gasteiger partial charge in [-0.3, -0.25) is 13.9 Å². The maximum Gasteiger partial charge on any atom is 0.332 e. The lowest BCUT2D eigenvalue weighted by molar-refractivity contribution is 0.560. The first kappa shape index (κ1) is 18.5. The number of fused-ring (bicyclic) bond motifs is 1. The highest BCUT2D eigenvalue weighted by Crippen LogP contribution is 2.14. The summed E-state index contributed by atoms with van der Waals surface area (Å²) in [4.78, 5) is 30.2. The molecule has 0 aliphatic rings. The molecular formula is C20H20N6O3. The number of rotatable bonds is 5. The molecule has 4 rings (SSSR count). The minimum atomic E-state index is -0.424. The van der Waals surface area contributed by atoms with E-state index in [-0.39, 0.29) is 6.54 Å². The number of furan rings is 1. The number of hydrogen-bond acceptors (Lipinski definition) is 6. The Morgan fingerprint density at radius 2 is 1.90 bits per heavy atom. The summed E-state index contributed by atoms with van der Waals surface area (Å²) in [6, 6.07) is 11.2. The summed E-state index contributed by atoms with van der Waals surface area (Å²) in [5.74, 6) is 0.909. The molecule has 0 radical (unpaired) electrons. The predicted molar refractivity (Wildman–Crippen MR) is 110 cm³/mol. The van der Waals surface area contributed by atoms with Crippen molar-refractivity contribution in [1.29, 1.82) is 0 Å². The molecule has 1 aromatic carbocycles. The molecule has 9 heteroatoms. The van der Waals surface area contributed by atoms with Gasteiger partial charge in [-0.2, -0.15) is 10.1 Å². The van der Waals surface area contributed by atoms with Gasteiger partial charge in [0, 0.05) is 14.1 Å². The maximum absolute atomic E-state index is 13.1. The highest BCUT2D eigenvalue weighted by molar-refractivity contribution is 5.77. The third kappa shape index (κ3) is 3.38. The lowest BCUT2D eigenvalue weighted by atomic mass is 10.1. The molecule has 3 aromatic heterocycles. The van der Waals surface area contributed by atoms with Crippen LogP contribution in [0.3, 0.4) is 0 Å². The van der Waals surface area contributed by atoms with Crippen molar-refractivity contribution >= 4 is 23.3 Å². The number of nitrogens with zero attached hydrogens (tertiary/aromatic N) is 5. The van der Waals surface area contributed by atoms with Crippen molar-refractivity contribution in [3.05, 3.63) is 80.4 Å². The van der Waals surface area contributed by atoms with Crippen LogP contribution in [0.5, 0.6) is 0 Å². The van der Waals surface area contributed by atoms with E-state index in [1.165, 1.54) is 15.3 Å². The molecule has 0 amide bonds. The first-order valence-corrected chi connectivity index (χ1v) is 9.00. The van der Waals surface area contributed by atoms with E-state index in [0.717, 1.165) is 11.1 Å². The van der Waals surface area contributed by atoms with Crippen molar-refractivity contribution in [2.45, 2.75) is 13.5 Å². The highest BCUT2D eigenvalue weighted by Gasteiger charge is 2.18. The lowest BCUT2D eigenvalue weighted by Gasteiger charge is -2.09. The minimum Gasteiger partial charge on any atom is -0.463 e. The van der Waals surface area contributed by atoms with Crippen molar-refractivity contribution in [3.63, 3.8) is 0 Å². The van der Waals surface area contributed by atoms with E-state index in [1.807, 2.05) is 31.2 Å². The van der Waals surface area contributed by atoms with E-state index in [4.69, 9.17) is 4.42 Å². The SMILES string of the molecule is Cc1ccc(Cn2c(=O)c3c(nc(N/N=C/c4ccco4)n3C)n(C)c2=O)cc1. The van der Waals surface area contributed by atoms with Crippen LogP contribution >= 0.6 is 0 Å². The fraction of sp³-hybridized carbons (Fsp3) is 0.200. The molecule has 148 valence electrons. The molecule has 0 fully saturated rings. The van der Waals surface area contributed by atoms with Gasteiger partial charge in [-0.05, 0) is 24.6 Å². The van der Waals surface area contributed by atoms with Crippen LogP contribution in [-0.4, -0.2) is 24.9 Å². The first-order valence-electron chi connectivity index (χ1n) is 9.00. The largest absolute Gasteiger partial charge is 0.463 e. The van der Waals surface area contributed by atoms with Crippen LogP contribution < -0.4 is 16.7 Å². The number of benzene rings is 1. The summed E-state index contributed by atoms with van der Waals surface area (Å²) in [6.07, 6.45) is 3.04. The van der Waals surface area contributed by atoms with Gasteiger partial charge in [0.2, 0.25) is 5.95 Å². The quantitative estimate of drug-likeness (QED) is 0.413. The Morgan fingerprint density at radius 1 is 1.14 bits per heavy atom. The molecule has 0 unspecified atom stereocenters. The van der Waals surface area contributed by atoms with Gasteiger partial charge in [0.15, 0.2) is 11.2 Å². The molecular weight excluding hydrogens is 372 g/mol. The molecule has 0 atom stereocenters. The van der Waals surface area contributed by atoms with Crippen LogP contribution in [0.1, 0.15) is 16.9 Å². The molecule has 4 aromatic rings. The van der Waals surface area contributed by atoms with Gasteiger partial charge >= 0.3 is 5.69 Å². The molecule has 0 saturated heterocycles. The normalized spacial score (nSPS) is 11.6. The molecule has 3 heterocycles. The first-order chi connectivity index (χ1) is 14.0. The lowest BCUT2D eigenvalue weighted by Crippen LogP contribution is -2.39. The number of aryl methyl sites for hydroxylation is 3. The molecule has 0 aliphatic heterocycles. The van der Waals surface area contributed by atoms with Crippen LogP contribution in [0.25, 0.3) is 11.2 Å². The van der Waals surface area contributed by atoms with Crippen LogP contribution in [0.15, 0.2) is 61.8 Å². The third-order valence-corrected chi connectivity index (χ3v) is 4.72. The zero-order chi connectivity index (χ0) is 20.5. The topological polar surface area (TPSA) is 99.3 Å². The standard InChI is InChI=1S/C20H20N6O3/c1-13-6-8-14(9-7-13)12-26-18(27)16-17(25(3)20(26)28)22-19(24(16)2)23-21-11-15-5-4-10-29-15/h4-11H,12H2,1-3H3,(H,22,23)/b21-11+. The van der Waals surface area contributed by atoms with Crippen molar-refractivity contribution in [1.82, 2.24) is 18.7 Å². The van der Waals surface area contributed by atoms with Gasteiger partial charge in [0.05, 0.1) is 19.0 Å². The molecule has 1 N–H and O–H groups in total. The van der Waals surface area contributed by atoms with Gasteiger partial charge < -0.3 is 8.98 Å². The summed E-state index contributed by atoms with van der Waals surface area (Å²) in [6.45, 7) is 2.17. The third-order valence-electron chi connectivity index (χ3n) is 4.72. The second-order valence-corrected chi connectivity index (χ2v) is 6.77. The van der Waals surface area contributed by atoms with Crippen LogP contribution in [-0.2, 0) is 20.6 Å². The zero-order valence-corrected chi connectivity index (χ0v) is 16.3. The average Bonchev–Trinajstić information content (AvgIpc) is 3.34. The summed E-state index contributed by atoms with van der Waals surface area (Å²) < 4.78 is 9.34. The molecule has 0 saturated carbocycles. The summed E-state index contributed by atoms with van der Waals surface area (Å²) in [7, 11) is 3.29. The fourth-order valence-electron chi connectivity index (χ4n) is 3.08. The van der Waals surface area contributed by atoms with Crippen LogP contribution in [0.2, 0.25) is 0 Å². The van der Waals surface area contributed by atoms with E-state index >= 15 is 0 Å². The highest BCUT2D eigenvalue weighted by atomic mass is 16.3. The number of hydrogen-bond donors (Lipinski definition) is 1. The maximum atomic E-state index is 13.1. The smallest absolute Gasteiger partial charge is 0.332 e. The summed E-state index contributed by atoms with van der Waals surface area (Å²) in [5.41, 5.74) is 4.55. The predicted octanol–water partition coefficient (Wildman–Crippen LogP) is 1.83. The monoisotopic (exact) mass is 392 g/mol. The Morgan fingerprint density at radius 3 is 2.59 bits per heavy atom. The Hall–Kier alpha value is -3.88. The van der Waals surface area contributed by atoms with E-state index in [1.54, 1.807) is 37.1 Å². The van der Waals surface area contributed by atoms with Crippen LogP contribution in [0, 0.1) is 6.92 Å². The Bertz CT molecular complexity index is 1310. The Labute approximate surface area is 165 Å².